The van der Waals surface area contributed by atoms with E-state index < -0.39 is 6.61 Å². The lowest BCUT2D eigenvalue weighted by Gasteiger charge is -2.08. The number of aromatic amines is 1. The fourth-order valence-electron chi connectivity index (χ4n) is 1.30. The number of halogens is 2. The van der Waals surface area contributed by atoms with Crippen LogP contribution in [-0.2, 0) is 0 Å². The van der Waals surface area contributed by atoms with Crippen molar-refractivity contribution in [1.29, 1.82) is 0 Å². The van der Waals surface area contributed by atoms with E-state index in [1.165, 1.54) is 17.4 Å². The Morgan fingerprint density at radius 3 is 2.69 bits per heavy atom. The molecule has 0 fully saturated rings. The van der Waals surface area contributed by atoms with Gasteiger partial charge in [-0.2, -0.15) is 8.78 Å². The Hall–Kier alpha value is -1.27. The van der Waals surface area contributed by atoms with E-state index >= 15 is 0 Å². The van der Waals surface area contributed by atoms with Gasteiger partial charge in [-0.3, -0.25) is 0 Å². The van der Waals surface area contributed by atoms with Gasteiger partial charge in [0.2, 0.25) is 0 Å². The second-order valence-electron chi connectivity index (χ2n) is 2.94. The maximum absolute atomic E-state index is 12.2. The van der Waals surface area contributed by atoms with E-state index in [0.29, 0.717) is 15.2 Å². The molecule has 0 aliphatic heterocycles. The Kier molecular flexibility index (Phi) is 3.31. The molecule has 1 aromatic carbocycles. The number of thiazole rings is 1. The summed E-state index contributed by atoms with van der Waals surface area (Å²) in [6.45, 7) is -2.83. The molecule has 0 spiro atoms. The van der Waals surface area contributed by atoms with Crippen LogP contribution in [0.15, 0.2) is 29.6 Å². The quantitative estimate of drug-likeness (QED) is 0.840. The van der Waals surface area contributed by atoms with Crippen LogP contribution >= 0.6 is 23.6 Å². The molecule has 1 aromatic heterocycles. The van der Waals surface area contributed by atoms with Gasteiger partial charge in [0.15, 0.2) is 3.95 Å². The number of hydrogen-bond acceptors (Lipinski definition) is 3. The van der Waals surface area contributed by atoms with Crippen LogP contribution in [0.3, 0.4) is 0 Å². The molecule has 0 saturated carbocycles. The minimum Gasteiger partial charge on any atom is -0.434 e. The molecule has 0 bridgehead atoms. The van der Waals surface area contributed by atoms with Crippen molar-refractivity contribution in [2.75, 3.05) is 0 Å². The third-order valence-corrected chi connectivity index (χ3v) is 2.97. The Bertz CT molecular complexity index is 535. The molecule has 2 rings (SSSR count). The molecule has 2 nitrogen and oxygen atoms in total. The molecular formula is C10H7F2NOS2. The van der Waals surface area contributed by atoms with Crippen molar-refractivity contribution in [1.82, 2.24) is 4.98 Å². The predicted molar refractivity (Wildman–Crippen MR) is 61.6 cm³/mol. The Morgan fingerprint density at radius 1 is 1.31 bits per heavy atom. The molecule has 0 aliphatic carbocycles. The first-order valence-electron chi connectivity index (χ1n) is 4.39. The summed E-state index contributed by atoms with van der Waals surface area (Å²) < 4.78 is 29.4. The monoisotopic (exact) mass is 259 g/mol. The van der Waals surface area contributed by atoms with Gasteiger partial charge in [0.25, 0.3) is 0 Å². The highest BCUT2D eigenvalue weighted by Crippen LogP contribution is 2.30. The minimum absolute atomic E-state index is 0.140. The summed E-state index contributed by atoms with van der Waals surface area (Å²) in [6.07, 6.45) is 0. The molecule has 0 saturated heterocycles. The lowest BCUT2D eigenvalue weighted by molar-refractivity contribution is -0.0494. The number of H-pyrrole nitrogens is 1. The van der Waals surface area contributed by atoms with Crippen LogP contribution in [-0.4, -0.2) is 11.6 Å². The lowest BCUT2D eigenvalue weighted by atomic mass is 10.1. The van der Waals surface area contributed by atoms with E-state index in [4.69, 9.17) is 12.2 Å². The number of alkyl halides is 2. The van der Waals surface area contributed by atoms with E-state index in [1.54, 1.807) is 23.6 Å². The van der Waals surface area contributed by atoms with Crippen LogP contribution in [0.5, 0.6) is 5.75 Å². The van der Waals surface area contributed by atoms with Crippen LogP contribution in [0, 0.1) is 3.95 Å². The smallest absolute Gasteiger partial charge is 0.387 e. The van der Waals surface area contributed by atoms with Crippen molar-refractivity contribution in [3.8, 4) is 17.0 Å². The van der Waals surface area contributed by atoms with Crippen LogP contribution < -0.4 is 4.74 Å². The highest BCUT2D eigenvalue weighted by atomic mass is 32.1. The number of benzene rings is 1. The van der Waals surface area contributed by atoms with Crippen molar-refractivity contribution in [3.05, 3.63) is 33.6 Å². The zero-order valence-electron chi connectivity index (χ0n) is 7.94. The maximum Gasteiger partial charge on any atom is 0.387 e. The van der Waals surface area contributed by atoms with Gasteiger partial charge in [-0.1, -0.05) is 12.1 Å². The molecule has 0 amide bonds. The van der Waals surface area contributed by atoms with Gasteiger partial charge in [0.05, 0.1) is 5.69 Å². The van der Waals surface area contributed by atoms with E-state index in [1.807, 2.05) is 0 Å². The third-order valence-electron chi connectivity index (χ3n) is 1.91. The Labute approximate surface area is 99.5 Å². The molecule has 84 valence electrons. The molecule has 0 unspecified atom stereocenters. The lowest BCUT2D eigenvalue weighted by Crippen LogP contribution is -2.02. The van der Waals surface area contributed by atoms with E-state index in [-0.39, 0.29) is 5.75 Å². The molecule has 0 aliphatic rings. The fraction of sp³-hybridized carbons (Fsp3) is 0.100. The van der Waals surface area contributed by atoms with Gasteiger partial charge in [0, 0.05) is 10.9 Å². The third kappa shape index (κ3) is 2.45. The van der Waals surface area contributed by atoms with Gasteiger partial charge in [-0.15, -0.1) is 11.3 Å². The first-order valence-corrected chi connectivity index (χ1v) is 5.67. The Morgan fingerprint density at radius 2 is 2.06 bits per heavy atom. The molecule has 0 radical (unpaired) electrons. The van der Waals surface area contributed by atoms with Crippen molar-refractivity contribution in [3.63, 3.8) is 0 Å². The predicted octanol–water partition coefficient (Wildman–Crippen LogP) is 4.07. The topological polar surface area (TPSA) is 25.0 Å². The molecule has 1 heterocycles. The summed E-state index contributed by atoms with van der Waals surface area (Å²) in [5.41, 5.74) is 1.27. The second kappa shape index (κ2) is 4.71. The SMILES string of the molecule is FC(F)Oc1ccccc1-c1csc(=S)[nH]1. The summed E-state index contributed by atoms with van der Waals surface area (Å²) in [5.74, 6) is 0.140. The number of nitrogens with one attached hydrogen (secondary N) is 1. The molecule has 2 aromatic rings. The van der Waals surface area contributed by atoms with Crippen molar-refractivity contribution >= 4 is 23.6 Å². The fourth-order valence-corrected chi connectivity index (χ4v) is 2.13. The van der Waals surface area contributed by atoms with Gasteiger partial charge in [-0.05, 0) is 24.4 Å². The first-order chi connectivity index (χ1) is 7.66. The van der Waals surface area contributed by atoms with Crippen LogP contribution in [0.1, 0.15) is 0 Å². The van der Waals surface area contributed by atoms with Gasteiger partial charge >= 0.3 is 6.61 Å². The van der Waals surface area contributed by atoms with Crippen LogP contribution in [0.2, 0.25) is 0 Å². The zero-order chi connectivity index (χ0) is 11.5. The summed E-state index contributed by atoms with van der Waals surface area (Å²) in [4.78, 5) is 2.91. The zero-order valence-corrected chi connectivity index (χ0v) is 9.58. The average Bonchev–Trinajstić information content (AvgIpc) is 2.65. The summed E-state index contributed by atoms with van der Waals surface area (Å²) in [5, 5.41) is 1.77. The molecule has 16 heavy (non-hydrogen) atoms. The number of aromatic nitrogens is 1. The number of ether oxygens (including phenoxy) is 1. The maximum atomic E-state index is 12.2. The minimum atomic E-state index is -2.83. The molecular weight excluding hydrogens is 252 g/mol. The Balaban J connectivity index is 2.44. The number of rotatable bonds is 3. The first kappa shape index (κ1) is 11.2. The molecule has 0 atom stereocenters. The summed E-state index contributed by atoms with van der Waals surface area (Å²) in [6, 6.07) is 6.59. The van der Waals surface area contributed by atoms with Gasteiger partial charge < -0.3 is 9.72 Å². The largest absolute Gasteiger partial charge is 0.434 e. The molecule has 6 heteroatoms. The van der Waals surface area contributed by atoms with Gasteiger partial charge in [0.1, 0.15) is 5.75 Å². The van der Waals surface area contributed by atoms with E-state index in [0.717, 1.165) is 0 Å². The highest BCUT2D eigenvalue weighted by molar-refractivity contribution is 7.73. The van der Waals surface area contributed by atoms with Crippen molar-refractivity contribution in [2.24, 2.45) is 0 Å². The molecule has 1 N–H and O–H groups in total. The van der Waals surface area contributed by atoms with Crippen molar-refractivity contribution in [2.45, 2.75) is 6.61 Å². The van der Waals surface area contributed by atoms with Gasteiger partial charge in [-0.25, -0.2) is 0 Å². The summed E-state index contributed by atoms with van der Waals surface area (Å²) >= 11 is 6.28. The average molecular weight is 259 g/mol. The van der Waals surface area contributed by atoms with E-state index in [2.05, 4.69) is 9.72 Å². The number of para-hydroxylation sites is 1. The van der Waals surface area contributed by atoms with Crippen LogP contribution in [0.25, 0.3) is 11.3 Å². The van der Waals surface area contributed by atoms with Crippen molar-refractivity contribution < 1.29 is 13.5 Å². The normalized spacial score (nSPS) is 10.7. The highest BCUT2D eigenvalue weighted by Gasteiger charge is 2.11. The standard InChI is InChI=1S/C10H7F2NOS2/c11-9(12)14-8-4-2-1-3-6(8)7-5-16-10(15)13-7/h1-5,9H,(H,13,15). The van der Waals surface area contributed by atoms with Crippen LogP contribution in [0.4, 0.5) is 8.78 Å². The van der Waals surface area contributed by atoms with E-state index in [9.17, 15) is 8.78 Å². The number of hydrogen-bond donors (Lipinski definition) is 1. The second-order valence-corrected chi connectivity index (χ2v) is 4.48. The summed E-state index contributed by atoms with van der Waals surface area (Å²) in [7, 11) is 0.